The molecule has 4 heteroatoms. The van der Waals surface area contributed by atoms with E-state index in [1.165, 1.54) is 11.1 Å². The Hall–Kier alpha value is -2.36. The molecule has 0 spiro atoms. The van der Waals surface area contributed by atoms with Crippen molar-refractivity contribution in [1.29, 1.82) is 0 Å². The maximum Gasteiger partial charge on any atom is 0.174 e. The number of benzene rings is 3. The summed E-state index contributed by atoms with van der Waals surface area (Å²) >= 11 is 11.6. The second kappa shape index (κ2) is 8.65. The highest BCUT2D eigenvalue weighted by atomic mass is 35.5. The lowest BCUT2D eigenvalue weighted by Gasteiger charge is -2.26. The number of hydrogen-bond acceptors (Lipinski definition) is 1. The van der Waals surface area contributed by atoms with E-state index < -0.39 is 0 Å². The lowest BCUT2D eigenvalue weighted by Crippen LogP contribution is -2.33. The number of anilines is 1. The molecule has 2 nitrogen and oxygen atoms in total. The van der Waals surface area contributed by atoms with E-state index in [1.54, 1.807) is 0 Å². The van der Waals surface area contributed by atoms with Crippen molar-refractivity contribution in [3.63, 3.8) is 0 Å². The topological polar surface area (TPSA) is 15.3 Å². The molecule has 0 bridgehead atoms. The van der Waals surface area contributed by atoms with Gasteiger partial charge in [0.2, 0.25) is 0 Å². The average molecular weight is 367 g/mol. The Morgan fingerprint density at radius 2 is 1.24 bits per heavy atom. The molecule has 3 rings (SSSR count). The van der Waals surface area contributed by atoms with Crippen molar-refractivity contribution in [3.05, 3.63) is 101 Å². The van der Waals surface area contributed by atoms with Gasteiger partial charge in [-0.1, -0.05) is 72.3 Å². The minimum absolute atomic E-state index is 0.690. The molecule has 0 aliphatic heterocycles. The molecular formula is C21H19ClN2S. The number of hydrogen-bond donors (Lipinski definition) is 1. The van der Waals surface area contributed by atoms with Crippen molar-refractivity contribution < 1.29 is 0 Å². The number of nitrogens with one attached hydrogen (secondary N) is 1. The maximum absolute atomic E-state index is 5.95. The molecule has 0 heterocycles. The van der Waals surface area contributed by atoms with Crippen molar-refractivity contribution >= 4 is 34.6 Å². The zero-order valence-electron chi connectivity index (χ0n) is 13.7. The summed E-state index contributed by atoms with van der Waals surface area (Å²) in [4.78, 5) is 2.16. The Kier molecular flexibility index (Phi) is 6.04. The van der Waals surface area contributed by atoms with Crippen LogP contribution in [0.5, 0.6) is 0 Å². The van der Waals surface area contributed by atoms with Crippen LogP contribution in [0, 0.1) is 0 Å². The summed E-state index contributed by atoms with van der Waals surface area (Å²) in [5, 5.41) is 4.71. The Labute approximate surface area is 159 Å². The fraction of sp³-hybridized carbons (Fsp3) is 0.0952. The summed E-state index contributed by atoms with van der Waals surface area (Å²) in [6.07, 6.45) is 0. The first-order valence-electron chi connectivity index (χ1n) is 8.10. The van der Waals surface area contributed by atoms with Gasteiger partial charge in [-0.2, -0.15) is 0 Å². The van der Waals surface area contributed by atoms with E-state index in [0.717, 1.165) is 18.8 Å². The first-order chi connectivity index (χ1) is 12.2. The molecule has 25 heavy (non-hydrogen) atoms. The largest absolute Gasteiger partial charge is 0.340 e. The molecule has 126 valence electrons. The molecule has 0 fully saturated rings. The van der Waals surface area contributed by atoms with Crippen molar-refractivity contribution in [2.24, 2.45) is 0 Å². The standard InChI is InChI=1S/C21H19ClN2S/c22-19-11-13-20(14-12-19)23-21(25)24(15-17-7-3-1-4-8-17)16-18-9-5-2-6-10-18/h1-14H,15-16H2,(H,23,25). The molecule has 3 aromatic carbocycles. The predicted octanol–water partition coefficient (Wildman–Crippen LogP) is 5.74. The van der Waals surface area contributed by atoms with Crippen LogP contribution in [0.25, 0.3) is 0 Å². The van der Waals surface area contributed by atoms with Crippen LogP contribution in [-0.4, -0.2) is 10.0 Å². The Morgan fingerprint density at radius 1 is 0.760 bits per heavy atom. The molecule has 3 aromatic rings. The highest BCUT2D eigenvalue weighted by Gasteiger charge is 2.11. The third-order valence-electron chi connectivity index (χ3n) is 3.82. The number of halogens is 1. The third kappa shape index (κ3) is 5.31. The van der Waals surface area contributed by atoms with Gasteiger partial charge in [0.25, 0.3) is 0 Å². The van der Waals surface area contributed by atoms with E-state index in [4.69, 9.17) is 23.8 Å². The average Bonchev–Trinajstić information content (AvgIpc) is 2.65. The van der Waals surface area contributed by atoms with E-state index >= 15 is 0 Å². The first kappa shape index (κ1) is 17.5. The van der Waals surface area contributed by atoms with Crippen LogP contribution in [0.1, 0.15) is 11.1 Å². The Bertz CT molecular complexity index is 763. The second-order valence-electron chi connectivity index (χ2n) is 5.76. The minimum Gasteiger partial charge on any atom is -0.340 e. The van der Waals surface area contributed by atoms with Gasteiger partial charge in [-0.25, -0.2) is 0 Å². The van der Waals surface area contributed by atoms with E-state index in [2.05, 4.69) is 34.5 Å². The summed E-state index contributed by atoms with van der Waals surface area (Å²) in [5.41, 5.74) is 3.37. The van der Waals surface area contributed by atoms with Crippen LogP contribution in [0.3, 0.4) is 0 Å². The van der Waals surface area contributed by atoms with Gasteiger partial charge in [-0.05, 0) is 47.6 Å². The fourth-order valence-electron chi connectivity index (χ4n) is 2.54. The zero-order valence-corrected chi connectivity index (χ0v) is 15.3. The molecule has 0 saturated heterocycles. The molecule has 0 radical (unpaired) electrons. The molecule has 0 amide bonds. The van der Waals surface area contributed by atoms with Crippen LogP contribution >= 0.6 is 23.8 Å². The molecule has 0 unspecified atom stereocenters. The van der Waals surface area contributed by atoms with Gasteiger partial charge < -0.3 is 10.2 Å². The minimum atomic E-state index is 0.690. The summed E-state index contributed by atoms with van der Waals surface area (Å²) < 4.78 is 0. The van der Waals surface area contributed by atoms with Crippen LogP contribution in [-0.2, 0) is 13.1 Å². The molecule has 0 aromatic heterocycles. The third-order valence-corrected chi connectivity index (χ3v) is 4.43. The van der Waals surface area contributed by atoms with Crippen LogP contribution in [0.15, 0.2) is 84.9 Å². The van der Waals surface area contributed by atoms with E-state index in [1.807, 2.05) is 60.7 Å². The maximum atomic E-state index is 5.95. The summed E-state index contributed by atoms with van der Waals surface area (Å²) in [5.74, 6) is 0. The van der Waals surface area contributed by atoms with Crippen molar-refractivity contribution in [2.45, 2.75) is 13.1 Å². The highest BCUT2D eigenvalue weighted by molar-refractivity contribution is 7.80. The summed E-state index contributed by atoms with van der Waals surface area (Å²) in [7, 11) is 0. The zero-order chi connectivity index (χ0) is 17.5. The molecule has 0 atom stereocenters. The van der Waals surface area contributed by atoms with E-state index in [0.29, 0.717) is 10.1 Å². The Morgan fingerprint density at radius 3 is 1.72 bits per heavy atom. The van der Waals surface area contributed by atoms with Gasteiger partial charge in [-0.15, -0.1) is 0 Å². The fourth-order valence-corrected chi connectivity index (χ4v) is 2.92. The summed E-state index contributed by atoms with van der Waals surface area (Å²) in [6, 6.07) is 28.3. The molecule has 0 aliphatic carbocycles. The number of nitrogens with zero attached hydrogens (tertiary/aromatic N) is 1. The van der Waals surface area contributed by atoms with Crippen LogP contribution < -0.4 is 5.32 Å². The van der Waals surface area contributed by atoms with Crippen molar-refractivity contribution in [2.75, 3.05) is 5.32 Å². The normalized spacial score (nSPS) is 10.3. The van der Waals surface area contributed by atoms with Gasteiger partial charge in [0.15, 0.2) is 5.11 Å². The van der Waals surface area contributed by atoms with Gasteiger partial charge in [0.05, 0.1) is 0 Å². The second-order valence-corrected chi connectivity index (χ2v) is 6.59. The van der Waals surface area contributed by atoms with Gasteiger partial charge in [-0.3, -0.25) is 0 Å². The Balaban J connectivity index is 1.76. The van der Waals surface area contributed by atoms with Crippen LogP contribution in [0.4, 0.5) is 5.69 Å². The predicted molar refractivity (Wildman–Crippen MR) is 110 cm³/mol. The first-order valence-corrected chi connectivity index (χ1v) is 8.89. The van der Waals surface area contributed by atoms with Crippen molar-refractivity contribution in [1.82, 2.24) is 4.90 Å². The highest BCUT2D eigenvalue weighted by Crippen LogP contribution is 2.16. The lowest BCUT2D eigenvalue weighted by atomic mass is 10.2. The van der Waals surface area contributed by atoms with Crippen molar-refractivity contribution in [3.8, 4) is 0 Å². The quantitative estimate of drug-likeness (QED) is 0.579. The van der Waals surface area contributed by atoms with Gasteiger partial charge >= 0.3 is 0 Å². The molecule has 0 saturated carbocycles. The molecule has 0 aliphatic rings. The van der Waals surface area contributed by atoms with Gasteiger partial charge in [0, 0.05) is 23.8 Å². The van der Waals surface area contributed by atoms with E-state index in [-0.39, 0.29) is 0 Å². The lowest BCUT2D eigenvalue weighted by molar-refractivity contribution is 0.413. The number of rotatable bonds is 5. The molecular weight excluding hydrogens is 348 g/mol. The number of thiocarbonyl (C=S) groups is 1. The van der Waals surface area contributed by atoms with E-state index in [9.17, 15) is 0 Å². The monoisotopic (exact) mass is 366 g/mol. The summed E-state index contributed by atoms with van der Waals surface area (Å²) in [6.45, 7) is 1.49. The van der Waals surface area contributed by atoms with Crippen LogP contribution in [0.2, 0.25) is 5.02 Å². The van der Waals surface area contributed by atoms with Gasteiger partial charge in [0.1, 0.15) is 0 Å². The smallest absolute Gasteiger partial charge is 0.174 e. The molecule has 1 N–H and O–H groups in total. The SMILES string of the molecule is S=C(Nc1ccc(Cl)cc1)N(Cc1ccccc1)Cc1ccccc1.